The molecule has 40 heavy (non-hydrogen) atoms. The summed E-state index contributed by atoms with van der Waals surface area (Å²) >= 11 is 0. The Bertz CT molecular complexity index is 1510. The van der Waals surface area contributed by atoms with Crippen LogP contribution in [0.5, 0.6) is 5.75 Å². The van der Waals surface area contributed by atoms with Gasteiger partial charge in [-0.25, -0.2) is 4.68 Å². The average Bonchev–Trinajstić information content (AvgIpc) is 3.36. The summed E-state index contributed by atoms with van der Waals surface area (Å²) in [5.74, 6) is 0.474. The standard InChI is InChI=1S/C33H36N4O3/c1-6-7-16-36-32(38)28(24(5)29(20-34)33(36)39)19-26-21-37(27-11-9-8-10-12-27)35-31(26)25-13-14-30(23(4)18-25)40-17-15-22(2)3/h8-14,18-19,21-22H,6-7,15-17H2,1-5H3/b28-19+. The van der Waals surface area contributed by atoms with Gasteiger partial charge in [0.15, 0.2) is 0 Å². The minimum absolute atomic E-state index is 0.00213. The minimum atomic E-state index is -0.528. The van der Waals surface area contributed by atoms with Crippen LogP contribution >= 0.6 is 0 Å². The van der Waals surface area contributed by atoms with E-state index in [0.29, 0.717) is 41.3 Å². The van der Waals surface area contributed by atoms with Gasteiger partial charge < -0.3 is 4.74 Å². The second-order valence-corrected chi connectivity index (χ2v) is 10.5. The second-order valence-electron chi connectivity index (χ2n) is 10.5. The third-order valence-corrected chi connectivity index (χ3v) is 7.02. The molecular formula is C33H36N4O3. The molecular weight excluding hydrogens is 500 g/mol. The van der Waals surface area contributed by atoms with Crippen LogP contribution in [0.1, 0.15) is 58.1 Å². The Morgan fingerprint density at radius 2 is 1.82 bits per heavy atom. The lowest BCUT2D eigenvalue weighted by molar-refractivity contribution is -0.140. The summed E-state index contributed by atoms with van der Waals surface area (Å²) in [6, 6.07) is 17.7. The van der Waals surface area contributed by atoms with E-state index in [1.54, 1.807) is 17.7 Å². The zero-order valence-corrected chi connectivity index (χ0v) is 23.9. The van der Waals surface area contributed by atoms with Crippen molar-refractivity contribution in [3.05, 3.63) is 82.6 Å². The number of nitriles is 1. The number of carbonyl (C=O) groups excluding carboxylic acids is 2. The topological polar surface area (TPSA) is 88.2 Å². The molecule has 7 nitrogen and oxygen atoms in total. The van der Waals surface area contributed by atoms with E-state index in [-0.39, 0.29) is 12.1 Å². The lowest BCUT2D eigenvalue weighted by Gasteiger charge is -2.27. The molecule has 0 N–H and O–H groups in total. The predicted octanol–water partition coefficient (Wildman–Crippen LogP) is 6.67. The zero-order chi connectivity index (χ0) is 28.8. The van der Waals surface area contributed by atoms with Gasteiger partial charge in [0.05, 0.1) is 18.0 Å². The monoisotopic (exact) mass is 536 g/mol. The number of amides is 2. The summed E-state index contributed by atoms with van der Waals surface area (Å²) < 4.78 is 7.79. The Labute approximate surface area is 236 Å². The van der Waals surface area contributed by atoms with Crippen LogP contribution < -0.4 is 4.74 Å². The van der Waals surface area contributed by atoms with Crippen LogP contribution in [0, 0.1) is 24.2 Å². The molecule has 206 valence electrons. The summed E-state index contributed by atoms with van der Waals surface area (Å²) in [6.45, 7) is 10.9. The maximum absolute atomic E-state index is 13.5. The highest BCUT2D eigenvalue weighted by Gasteiger charge is 2.35. The molecule has 1 aliphatic heterocycles. The summed E-state index contributed by atoms with van der Waals surface area (Å²) in [4.78, 5) is 27.6. The van der Waals surface area contributed by atoms with Gasteiger partial charge >= 0.3 is 0 Å². The van der Waals surface area contributed by atoms with Crippen LogP contribution in [0.3, 0.4) is 0 Å². The van der Waals surface area contributed by atoms with E-state index in [1.165, 1.54) is 4.90 Å². The van der Waals surface area contributed by atoms with E-state index >= 15 is 0 Å². The summed E-state index contributed by atoms with van der Waals surface area (Å²) in [6.07, 6.45) is 6.10. The fourth-order valence-electron chi connectivity index (χ4n) is 4.60. The Morgan fingerprint density at radius 3 is 2.48 bits per heavy atom. The molecule has 2 heterocycles. The molecule has 0 bridgehead atoms. The number of ether oxygens (including phenoxy) is 1. The highest BCUT2D eigenvalue weighted by molar-refractivity contribution is 6.19. The molecule has 0 radical (unpaired) electrons. The number of carbonyl (C=O) groups is 2. The van der Waals surface area contributed by atoms with E-state index in [9.17, 15) is 14.9 Å². The van der Waals surface area contributed by atoms with Gasteiger partial charge in [-0.2, -0.15) is 10.4 Å². The van der Waals surface area contributed by atoms with Gasteiger partial charge in [0, 0.05) is 29.4 Å². The van der Waals surface area contributed by atoms with Crippen LogP contribution in [0.4, 0.5) is 0 Å². The van der Waals surface area contributed by atoms with E-state index in [2.05, 4.69) is 13.8 Å². The Hall–Kier alpha value is -4.44. The number of hydrogen-bond acceptors (Lipinski definition) is 5. The van der Waals surface area contributed by atoms with Crippen molar-refractivity contribution < 1.29 is 14.3 Å². The van der Waals surface area contributed by atoms with Gasteiger partial charge in [-0.3, -0.25) is 14.5 Å². The fraction of sp³-hybridized carbons (Fsp3) is 0.333. The largest absolute Gasteiger partial charge is 0.493 e. The highest BCUT2D eigenvalue weighted by Crippen LogP contribution is 2.33. The maximum atomic E-state index is 13.5. The van der Waals surface area contributed by atoms with E-state index < -0.39 is 11.8 Å². The van der Waals surface area contributed by atoms with Crippen molar-refractivity contribution in [1.29, 1.82) is 5.26 Å². The molecule has 0 saturated carbocycles. The van der Waals surface area contributed by atoms with Gasteiger partial charge in [0.1, 0.15) is 17.4 Å². The van der Waals surface area contributed by atoms with Gasteiger partial charge in [-0.15, -0.1) is 0 Å². The number of rotatable bonds is 10. The number of imide groups is 1. The number of hydrogen-bond donors (Lipinski definition) is 0. The lowest BCUT2D eigenvalue weighted by atomic mass is 9.93. The van der Waals surface area contributed by atoms with Crippen LogP contribution in [0.2, 0.25) is 0 Å². The van der Waals surface area contributed by atoms with Gasteiger partial charge in [-0.05, 0) is 80.2 Å². The molecule has 1 aliphatic rings. The molecule has 0 spiro atoms. The van der Waals surface area contributed by atoms with Crippen molar-refractivity contribution in [2.45, 2.75) is 53.9 Å². The molecule has 1 aromatic heterocycles. The van der Waals surface area contributed by atoms with Crippen molar-refractivity contribution in [3.8, 4) is 28.8 Å². The van der Waals surface area contributed by atoms with Crippen molar-refractivity contribution >= 4 is 17.9 Å². The van der Waals surface area contributed by atoms with E-state index in [1.807, 2.05) is 74.6 Å². The Balaban J connectivity index is 1.82. The number of aromatic nitrogens is 2. The Morgan fingerprint density at radius 1 is 1.07 bits per heavy atom. The fourth-order valence-corrected chi connectivity index (χ4v) is 4.60. The summed E-state index contributed by atoms with van der Waals surface area (Å²) in [5.41, 5.74) is 4.84. The van der Waals surface area contributed by atoms with Crippen molar-refractivity contribution in [2.24, 2.45) is 5.92 Å². The smallest absolute Gasteiger partial charge is 0.271 e. The molecule has 4 rings (SSSR count). The molecule has 2 amide bonds. The van der Waals surface area contributed by atoms with Gasteiger partial charge in [0.2, 0.25) is 0 Å². The third-order valence-electron chi connectivity index (χ3n) is 7.02. The Kier molecular flexibility index (Phi) is 9.00. The van der Waals surface area contributed by atoms with Crippen LogP contribution in [-0.4, -0.2) is 39.6 Å². The predicted molar refractivity (Wildman–Crippen MR) is 157 cm³/mol. The molecule has 3 aromatic rings. The van der Waals surface area contributed by atoms with Crippen LogP contribution in [0.25, 0.3) is 23.0 Å². The number of para-hydroxylation sites is 1. The first-order valence-corrected chi connectivity index (χ1v) is 13.8. The van der Waals surface area contributed by atoms with Gasteiger partial charge in [-0.1, -0.05) is 45.4 Å². The number of benzene rings is 2. The molecule has 0 aliphatic carbocycles. The molecule has 0 atom stereocenters. The maximum Gasteiger partial charge on any atom is 0.271 e. The van der Waals surface area contributed by atoms with Crippen molar-refractivity contribution in [1.82, 2.24) is 14.7 Å². The van der Waals surface area contributed by atoms with Crippen LogP contribution in [-0.2, 0) is 9.59 Å². The van der Waals surface area contributed by atoms with Crippen LogP contribution in [0.15, 0.2) is 71.4 Å². The minimum Gasteiger partial charge on any atom is -0.493 e. The first kappa shape index (κ1) is 28.6. The highest BCUT2D eigenvalue weighted by atomic mass is 16.5. The number of unbranched alkanes of at least 4 members (excludes halogenated alkanes) is 1. The average molecular weight is 537 g/mol. The molecule has 0 fully saturated rings. The molecule has 0 unspecified atom stereocenters. The van der Waals surface area contributed by atoms with Crippen molar-refractivity contribution in [2.75, 3.05) is 13.2 Å². The summed E-state index contributed by atoms with van der Waals surface area (Å²) in [5, 5.41) is 14.7. The number of nitrogens with zero attached hydrogens (tertiary/aromatic N) is 4. The SMILES string of the molecule is CCCCN1C(=O)C(C#N)=C(C)/C(=C\c2cn(-c3ccccc3)nc2-c2ccc(OCCC(C)C)c(C)c2)C1=O. The first-order valence-electron chi connectivity index (χ1n) is 13.8. The van der Waals surface area contributed by atoms with Gasteiger partial charge in [0.25, 0.3) is 11.8 Å². The zero-order valence-electron chi connectivity index (χ0n) is 23.9. The molecule has 2 aromatic carbocycles. The van der Waals surface area contributed by atoms with E-state index in [0.717, 1.165) is 35.4 Å². The van der Waals surface area contributed by atoms with E-state index in [4.69, 9.17) is 9.84 Å². The molecule has 0 saturated heterocycles. The number of aryl methyl sites for hydroxylation is 1. The molecule has 7 heteroatoms. The first-order chi connectivity index (χ1) is 19.2. The summed E-state index contributed by atoms with van der Waals surface area (Å²) in [7, 11) is 0. The normalized spacial score (nSPS) is 14.8. The lowest BCUT2D eigenvalue weighted by Crippen LogP contribution is -2.43. The second kappa shape index (κ2) is 12.6. The van der Waals surface area contributed by atoms with Crippen molar-refractivity contribution in [3.63, 3.8) is 0 Å². The quantitative estimate of drug-likeness (QED) is 0.213. The third kappa shape index (κ3) is 6.07.